The highest BCUT2D eigenvalue weighted by Crippen LogP contribution is 2.06. The van der Waals surface area contributed by atoms with Gasteiger partial charge in [-0.3, -0.25) is 9.67 Å². The van der Waals surface area contributed by atoms with Gasteiger partial charge in [-0.05, 0) is 39.2 Å². The Hall–Kier alpha value is -1.52. The summed E-state index contributed by atoms with van der Waals surface area (Å²) in [4.78, 5) is 4.33. The summed E-state index contributed by atoms with van der Waals surface area (Å²) in [6, 6.07) is 2.58. The molecular weight excluding hydrogens is 286 g/mol. The molecule has 1 aromatic rings. The lowest BCUT2D eigenvalue weighted by atomic mass is 10.1. The molecule has 0 radical (unpaired) electrons. The average molecular weight is 322 g/mol. The Balaban J connectivity index is 2.34. The summed E-state index contributed by atoms with van der Waals surface area (Å²) in [5, 5.41) is 11.4. The maximum Gasteiger partial charge on any atom is 0.191 e. The van der Waals surface area contributed by atoms with Crippen LogP contribution in [0.2, 0.25) is 0 Å². The molecule has 0 bridgehead atoms. The fraction of sp³-hybridized carbons (Fsp3) is 0.778. The molecule has 5 heteroatoms. The van der Waals surface area contributed by atoms with Crippen LogP contribution in [0.4, 0.5) is 0 Å². The molecule has 0 aliphatic rings. The summed E-state index contributed by atoms with van der Waals surface area (Å²) in [7, 11) is 1.83. The first-order valence-electron chi connectivity index (χ1n) is 8.94. The molecule has 5 nitrogen and oxygen atoms in total. The summed E-state index contributed by atoms with van der Waals surface area (Å²) in [6.07, 6.45) is 5.03. The van der Waals surface area contributed by atoms with E-state index in [9.17, 15) is 0 Å². The lowest BCUT2D eigenvalue weighted by molar-refractivity contribution is 0.434. The summed E-state index contributed by atoms with van der Waals surface area (Å²) < 4.78 is 2.09. The molecular formula is C18H35N5. The van der Waals surface area contributed by atoms with Crippen molar-refractivity contribution >= 4 is 5.96 Å². The van der Waals surface area contributed by atoms with E-state index in [2.05, 4.69) is 59.2 Å². The molecule has 132 valence electrons. The summed E-state index contributed by atoms with van der Waals surface area (Å²) >= 11 is 0. The molecule has 0 spiro atoms. The quantitative estimate of drug-likeness (QED) is 0.417. The topological polar surface area (TPSA) is 54.2 Å². The van der Waals surface area contributed by atoms with E-state index >= 15 is 0 Å². The van der Waals surface area contributed by atoms with Gasteiger partial charge < -0.3 is 10.6 Å². The smallest absolute Gasteiger partial charge is 0.191 e. The number of guanidine groups is 1. The molecule has 1 aromatic heterocycles. The molecule has 1 heterocycles. The number of unbranched alkanes of at least 4 members (excludes halogenated alkanes) is 2. The van der Waals surface area contributed by atoms with Crippen molar-refractivity contribution in [1.82, 2.24) is 20.4 Å². The molecule has 0 fully saturated rings. The van der Waals surface area contributed by atoms with Gasteiger partial charge in [0.25, 0.3) is 0 Å². The third-order valence-corrected chi connectivity index (χ3v) is 4.05. The van der Waals surface area contributed by atoms with Crippen LogP contribution in [0.3, 0.4) is 0 Å². The van der Waals surface area contributed by atoms with E-state index in [-0.39, 0.29) is 0 Å². The molecule has 2 atom stereocenters. The monoisotopic (exact) mass is 321 g/mol. The van der Waals surface area contributed by atoms with Crippen molar-refractivity contribution in [3.63, 3.8) is 0 Å². The first kappa shape index (κ1) is 19.5. The lowest BCUT2D eigenvalue weighted by Gasteiger charge is -2.20. The van der Waals surface area contributed by atoms with Crippen LogP contribution in [-0.2, 0) is 6.54 Å². The zero-order valence-electron chi connectivity index (χ0n) is 15.8. The number of nitrogens with one attached hydrogen (secondary N) is 2. The third-order valence-electron chi connectivity index (χ3n) is 4.05. The molecule has 0 saturated carbocycles. The largest absolute Gasteiger partial charge is 0.356 e. The first-order valence-corrected chi connectivity index (χ1v) is 8.94. The zero-order chi connectivity index (χ0) is 17.2. The van der Waals surface area contributed by atoms with Crippen molar-refractivity contribution in [3.05, 3.63) is 17.5 Å². The van der Waals surface area contributed by atoms with E-state index in [0.29, 0.717) is 12.0 Å². The van der Waals surface area contributed by atoms with Crippen molar-refractivity contribution in [1.29, 1.82) is 0 Å². The minimum absolute atomic E-state index is 0.457. The Bertz CT molecular complexity index is 478. The van der Waals surface area contributed by atoms with E-state index in [1.54, 1.807) is 0 Å². The average Bonchev–Trinajstić information content (AvgIpc) is 2.81. The van der Waals surface area contributed by atoms with Crippen molar-refractivity contribution in [2.45, 2.75) is 72.9 Å². The van der Waals surface area contributed by atoms with E-state index in [4.69, 9.17) is 0 Å². The lowest BCUT2D eigenvalue weighted by Crippen LogP contribution is -2.44. The Morgan fingerprint density at radius 1 is 1.30 bits per heavy atom. The molecule has 0 aliphatic heterocycles. The van der Waals surface area contributed by atoms with Crippen LogP contribution < -0.4 is 10.6 Å². The Morgan fingerprint density at radius 2 is 2.04 bits per heavy atom. The Kier molecular flexibility index (Phi) is 8.74. The first-order chi connectivity index (χ1) is 11.0. The highest BCUT2D eigenvalue weighted by Gasteiger charge is 2.09. The van der Waals surface area contributed by atoms with Crippen LogP contribution in [0.5, 0.6) is 0 Å². The molecule has 1 rings (SSSR count). The second-order valence-corrected chi connectivity index (χ2v) is 6.71. The fourth-order valence-corrected chi connectivity index (χ4v) is 2.69. The van der Waals surface area contributed by atoms with E-state index < -0.39 is 0 Å². The van der Waals surface area contributed by atoms with Gasteiger partial charge in [-0.25, -0.2) is 0 Å². The summed E-state index contributed by atoms with van der Waals surface area (Å²) in [6.45, 7) is 12.7. The normalized spacial score (nSPS) is 14.6. The standard InChI is InChI=1S/C18H35N5/c1-7-8-9-10-15(3)21-18(19-6)20-12-14(2)13-23-17(5)11-16(4)22-23/h11,14-15H,7-10,12-13H2,1-6H3,(H2,19,20,21). The SMILES string of the molecule is CCCCCC(C)NC(=NC)NCC(C)Cn1nc(C)cc1C. The number of hydrogen-bond donors (Lipinski definition) is 2. The van der Waals surface area contributed by atoms with Gasteiger partial charge in [-0.1, -0.05) is 33.1 Å². The molecule has 2 unspecified atom stereocenters. The van der Waals surface area contributed by atoms with Gasteiger partial charge in [0, 0.05) is 31.9 Å². The van der Waals surface area contributed by atoms with E-state index in [1.807, 2.05) is 14.0 Å². The predicted molar refractivity (Wildman–Crippen MR) is 99.0 cm³/mol. The highest BCUT2D eigenvalue weighted by atomic mass is 15.3. The van der Waals surface area contributed by atoms with E-state index in [1.165, 1.54) is 31.4 Å². The number of rotatable bonds is 9. The molecule has 0 aromatic carbocycles. The third kappa shape index (κ3) is 7.53. The number of aryl methyl sites for hydroxylation is 2. The number of nitrogens with zero attached hydrogens (tertiary/aromatic N) is 3. The second kappa shape index (κ2) is 10.3. The number of hydrogen-bond acceptors (Lipinski definition) is 2. The van der Waals surface area contributed by atoms with Crippen LogP contribution in [-0.4, -0.2) is 35.4 Å². The maximum absolute atomic E-state index is 4.53. The Morgan fingerprint density at radius 3 is 2.61 bits per heavy atom. The minimum Gasteiger partial charge on any atom is -0.356 e. The van der Waals surface area contributed by atoms with Crippen LogP contribution >= 0.6 is 0 Å². The molecule has 23 heavy (non-hydrogen) atoms. The maximum atomic E-state index is 4.53. The van der Waals surface area contributed by atoms with Gasteiger partial charge in [0.15, 0.2) is 5.96 Å². The van der Waals surface area contributed by atoms with Gasteiger partial charge in [0.05, 0.1) is 5.69 Å². The highest BCUT2D eigenvalue weighted by molar-refractivity contribution is 5.79. The van der Waals surface area contributed by atoms with Crippen LogP contribution in [0, 0.1) is 19.8 Å². The van der Waals surface area contributed by atoms with Gasteiger partial charge >= 0.3 is 0 Å². The molecule has 0 aliphatic carbocycles. The van der Waals surface area contributed by atoms with Gasteiger partial charge in [0.2, 0.25) is 0 Å². The van der Waals surface area contributed by atoms with Crippen LogP contribution in [0.1, 0.15) is 57.8 Å². The second-order valence-electron chi connectivity index (χ2n) is 6.71. The van der Waals surface area contributed by atoms with Gasteiger partial charge in [-0.2, -0.15) is 5.10 Å². The van der Waals surface area contributed by atoms with E-state index in [0.717, 1.165) is 24.7 Å². The number of aromatic nitrogens is 2. The summed E-state index contributed by atoms with van der Waals surface area (Å²) in [5.74, 6) is 1.39. The fourth-order valence-electron chi connectivity index (χ4n) is 2.69. The summed E-state index contributed by atoms with van der Waals surface area (Å²) in [5.41, 5.74) is 2.31. The molecule has 0 amide bonds. The van der Waals surface area contributed by atoms with Crippen molar-refractivity contribution < 1.29 is 0 Å². The van der Waals surface area contributed by atoms with Gasteiger partial charge in [-0.15, -0.1) is 0 Å². The number of aliphatic imine (C=N–C) groups is 1. The molecule has 0 saturated heterocycles. The van der Waals surface area contributed by atoms with Crippen molar-refractivity contribution in [2.75, 3.05) is 13.6 Å². The zero-order valence-corrected chi connectivity index (χ0v) is 15.8. The van der Waals surface area contributed by atoms with Crippen LogP contribution in [0.15, 0.2) is 11.1 Å². The predicted octanol–water partition coefficient (Wildman–Crippen LogP) is 3.27. The minimum atomic E-state index is 0.457. The van der Waals surface area contributed by atoms with Gasteiger partial charge in [0.1, 0.15) is 0 Å². The Labute approximate surface area is 142 Å². The molecule has 2 N–H and O–H groups in total. The van der Waals surface area contributed by atoms with Crippen LogP contribution in [0.25, 0.3) is 0 Å². The van der Waals surface area contributed by atoms with Crippen molar-refractivity contribution in [2.24, 2.45) is 10.9 Å². The van der Waals surface area contributed by atoms with Crippen molar-refractivity contribution in [3.8, 4) is 0 Å².